The maximum atomic E-state index is 12.9. The molecule has 0 aliphatic carbocycles. The lowest BCUT2D eigenvalue weighted by Crippen LogP contribution is -2.44. The molecule has 2 N–H and O–H groups in total. The monoisotopic (exact) mass is 377 g/mol. The normalized spacial score (nSPS) is 11.7. The van der Waals surface area contributed by atoms with Crippen LogP contribution in [0.25, 0.3) is 0 Å². The van der Waals surface area contributed by atoms with Gasteiger partial charge in [-0.1, -0.05) is 24.6 Å². The molecule has 0 aliphatic rings. The van der Waals surface area contributed by atoms with E-state index in [1.165, 1.54) is 7.11 Å². The summed E-state index contributed by atoms with van der Waals surface area (Å²) in [6.45, 7) is 4.00. The smallest absolute Gasteiger partial charge is 0.322 e. The van der Waals surface area contributed by atoms with Crippen molar-refractivity contribution in [2.45, 2.75) is 32.9 Å². The van der Waals surface area contributed by atoms with E-state index < -0.39 is 0 Å². The molecule has 1 heterocycles. The molecule has 0 unspecified atom stereocenters. The largest absolute Gasteiger partial charge is 0.495 e. The highest BCUT2D eigenvalue weighted by Gasteiger charge is 2.23. The van der Waals surface area contributed by atoms with Crippen LogP contribution in [0.15, 0.2) is 36.7 Å². The molecule has 0 saturated carbocycles. The molecule has 1 aromatic carbocycles. The molecule has 1 atom stereocenters. The Morgan fingerprint density at radius 2 is 2.23 bits per heavy atom. The number of pyridine rings is 1. The molecule has 1 aromatic heterocycles. The van der Waals surface area contributed by atoms with Crippen molar-refractivity contribution in [3.8, 4) is 5.75 Å². The van der Waals surface area contributed by atoms with Gasteiger partial charge < -0.3 is 20.1 Å². The number of nitrogens with zero attached hydrogens (tertiary/aromatic N) is 2. The average molecular weight is 378 g/mol. The van der Waals surface area contributed by atoms with Gasteiger partial charge in [0.25, 0.3) is 0 Å². The summed E-state index contributed by atoms with van der Waals surface area (Å²) in [5.74, 6) is 0.479. The van der Waals surface area contributed by atoms with E-state index in [9.17, 15) is 9.90 Å². The van der Waals surface area contributed by atoms with E-state index in [1.807, 2.05) is 26.0 Å². The standard InChI is InChI=1S/C19H24ClN3O3/c1-4-15(12-24)23(11-14-6-5-7-21-10-14)19(25)22-17-8-13(2)16(20)9-18(17)26-3/h5-10,15,24H,4,11-12H2,1-3H3,(H,22,25)/t15-/m1/s1. The van der Waals surface area contributed by atoms with E-state index >= 15 is 0 Å². The number of rotatable bonds is 7. The number of carbonyl (C=O) groups is 1. The minimum Gasteiger partial charge on any atom is -0.495 e. The van der Waals surface area contributed by atoms with Crippen molar-refractivity contribution in [3.05, 3.63) is 52.8 Å². The number of urea groups is 1. The summed E-state index contributed by atoms with van der Waals surface area (Å²) in [5, 5.41) is 13.1. The number of amides is 2. The van der Waals surface area contributed by atoms with Gasteiger partial charge in [0, 0.05) is 30.0 Å². The number of anilines is 1. The summed E-state index contributed by atoms with van der Waals surface area (Å²) in [5.41, 5.74) is 2.24. The van der Waals surface area contributed by atoms with Gasteiger partial charge in [-0.05, 0) is 36.6 Å². The summed E-state index contributed by atoms with van der Waals surface area (Å²) in [4.78, 5) is 18.6. The highest BCUT2D eigenvalue weighted by molar-refractivity contribution is 6.31. The highest BCUT2D eigenvalue weighted by Crippen LogP contribution is 2.31. The van der Waals surface area contributed by atoms with Gasteiger partial charge in [-0.25, -0.2) is 4.79 Å². The number of benzene rings is 1. The zero-order chi connectivity index (χ0) is 19.1. The van der Waals surface area contributed by atoms with Gasteiger partial charge in [-0.15, -0.1) is 0 Å². The van der Waals surface area contributed by atoms with Crippen LogP contribution in [0.1, 0.15) is 24.5 Å². The molecule has 6 nitrogen and oxygen atoms in total. The number of ether oxygens (including phenoxy) is 1. The van der Waals surface area contributed by atoms with Gasteiger partial charge in [-0.3, -0.25) is 4.98 Å². The zero-order valence-corrected chi connectivity index (χ0v) is 16.0. The van der Waals surface area contributed by atoms with Crippen molar-refractivity contribution in [2.24, 2.45) is 0 Å². The van der Waals surface area contributed by atoms with Crippen molar-refractivity contribution in [1.82, 2.24) is 9.88 Å². The Morgan fingerprint density at radius 1 is 1.46 bits per heavy atom. The van der Waals surface area contributed by atoms with E-state index in [4.69, 9.17) is 16.3 Å². The van der Waals surface area contributed by atoms with Crippen LogP contribution in [0.3, 0.4) is 0 Å². The number of hydrogen-bond donors (Lipinski definition) is 2. The van der Waals surface area contributed by atoms with Crippen LogP contribution in [0.2, 0.25) is 5.02 Å². The predicted molar refractivity (Wildman–Crippen MR) is 103 cm³/mol. The molecule has 140 valence electrons. The van der Waals surface area contributed by atoms with Crippen molar-refractivity contribution in [3.63, 3.8) is 0 Å². The molecule has 26 heavy (non-hydrogen) atoms. The molecule has 0 bridgehead atoms. The summed E-state index contributed by atoms with van der Waals surface area (Å²) in [7, 11) is 1.52. The minimum atomic E-state index is -0.324. The van der Waals surface area contributed by atoms with Gasteiger partial charge in [0.05, 0.1) is 25.4 Å². The lowest BCUT2D eigenvalue weighted by molar-refractivity contribution is 0.134. The first-order chi connectivity index (χ1) is 12.5. The Morgan fingerprint density at radius 3 is 2.81 bits per heavy atom. The molecular formula is C19H24ClN3O3. The molecule has 2 amide bonds. The van der Waals surface area contributed by atoms with E-state index in [2.05, 4.69) is 10.3 Å². The third kappa shape index (κ3) is 4.86. The van der Waals surface area contributed by atoms with E-state index in [-0.39, 0.29) is 18.7 Å². The highest BCUT2D eigenvalue weighted by atomic mass is 35.5. The number of carbonyl (C=O) groups excluding carboxylic acids is 1. The topological polar surface area (TPSA) is 74.7 Å². The molecule has 0 fully saturated rings. The Hall–Kier alpha value is -2.31. The second-order valence-electron chi connectivity index (χ2n) is 5.97. The molecule has 0 radical (unpaired) electrons. The van der Waals surface area contributed by atoms with Gasteiger partial charge in [0.15, 0.2) is 0 Å². The minimum absolute atomic E-state index is 0.124. The third-order valence-electron chi connectivity index (χ3n) is 4.18. The number of halogens is 1. The summed E-state index contributed by atoms with van der Waals surface area (Å²) in [6, 6.07) is 6.51. The molecule has 7 heteroatoms. The second-order valence-corrected chi connectivity index (χ2v) is 6.37. The van der Waals surface area contributed by atoms with Crippen LogP contribution in [0.5, 0.6) is 5.75 Å². The Balaban J connectivity index is 2.27. The van der Waals surface area contributed by atoms with Gasteiger partial charge in [0.2, 0.25) is 0 Å². The Kier molecular flexibility index (Phi) is 7.24. The molecule has 2 aromatic rings. The van der Waals surface area contributed by atoms with E-state index in [0.717, 1.165) is 11.1 Å². The van der Waals surface area contributed by atoms with E-state index in [0.29, 0.717) is 29.4 Å². The first-order valence-electron chi connectivity index (χ1n) is 8.41. The number of aromatic nitrogens is 1. The predicted octanol–water partition coefficient (Wildman–Crippen LogP) is 3.86. The first-order valence-corrected chi connectivity index (χ1v) is 8.79. The second kappa shape index (κ2) is 9.40. The number of aliphatic hydroxyl groups excluding tert-OH is 1. The van der Waals surface area contributed by atoms with Crippen LogP contribution in [0, 0.1) is 6.92 Å². The Labute approximate surface area is 158 Å². The molecule has 0 spiro atoms. The zero-order valence-electron chi connectivity index (χ0n) is 15.2. The molecule has 0 aliphatic heterocycles. The summed E-state index contributed by atoms with van der Waals surface area (Å²) < 4.78 is 5.32. The van der Waals surface area contributed by atoms with Crippen LogP contribution >= 0.6 is 11.6 Å². The van der Waals surface area contributed by atoms with Crippen molar-refractivity contribution in [1.29, 1.82) is 0 Å². The fourth-order valence-electron chi connectivity index (χ4n) is 2.62. The fraction of sp³-hybridized carbons (Fsp3) is 0.368. The quantitative estimate of drug-likeness (QED) is 0.768. The maximum Gasteiger partial charge on any atom is 0.322 e. The number of methoxy groups -OCH3 is 1. The van der Waals surface area contributed by atoms with Crippen LogP contribution in [-0.2, 0) is 6.54 Å². The lowest BCUT2D eigenvalue weighted by atomic mass is 10.1. The van der Waals surface area contributed by atoms with Crippen LogP contribution in [0.4, 0.5) is 10.5 Å². The third-order valence-corrected chi connectivity index (χ3v) is 4.59. The number of aliphatic hydroxyl groups is 1. The number of nitrogens with one attached hydrogen (secondary N) is 1. The average Bonchev–Trinajstić information content (AvgIpc) is 2.65. The molecule has 2 rings (SSSR count). The SMILES string of the molecule is CC[C@H](CO)N(Cc1cccnc1)C(=O)Nc1cc(C)c(Cl)cc1OC. The van der Waals surface area contributed by atoms with Crippen LogP contribution < -0.4 is 10.1 Å². The van der Waals surface area contributed by atoms with Gasteiger partial charge >= 0.3 is 6.03 Å². The summed E-state index contributed by atoms with van der Waals surface area (Å²) in [6.07, 6.45) is 4.01. The maximum absolute atomic E-state index is 12.9. The molecular weight excluding hydrogens is 354 g/mol. The van der Waals surface area contributed by atoms with Crippen molar-refractivity contribution >= 4 is 23.3 Å². The van der Waals surface area contributed by atoms with Gasteiger partial charge in [0.1, 0.15) is 5.75 Å². The van der Waals surface area contributed by atoms with Crippen molar-refractivity contribution in [2.75, 3.05) is 19.0 Å². The Bertz CT molecular complexity index is 736. The number of hydrogen-bond acceptors (Lipinski definition) is 4. The summed E-state index contributed by atoms with van der Waals surface area (Å²) >= 11 is 6.12. The van der Waals surface area contributed by atoms with Crippen LogP contribution in [-0.4, -0.2) is 40.8 Å². The lowest BCUT2D eigenvalue weighted by Gasteiger charge is -2.30. The van der Waals surface area contributed by atoms with Gasteiger partial charge in [-0.2, -0.15) is 0 Å². The number of aryl methyl sites for hydroxylation is 1. The van der Waals surface area contributed by atoms with Crippen molar-refractivity contribution < 1.29 is 14.6 Å². The van der Waals surface area contributed by atoms with E-state index in [1.54, 1.807) is 29.4 Å². The fourth-order valence-corrected chi connectivity index (χ4v) is 2.77. The first kappa shape index (κ1) is 20.0. The molecule has 0 saturated heterocycles.